The maximum Gasteiger partial charge on any atom is 0.416 e. The van der Waals surface area contributed by atoms with Gasteiger partial charge in [0.25, 0.3) is 0 Å². The van der Waals surface area contributed by atoms with Crippen LogP contribution in [0.4, 0.5) is 37.7 Å². The number of hydrogen-bond donors (Lipinski definition) is 2. The van der Waals surface area contributed by atoms with Gasteiger partial charge in [0.1, 0.15) is 23.0 Å². The highest BCUT2D eigenvalue weighted by atomic mass is 32.1. The smallest absolute Gasteiger partial charge is 0.416 e. The average molecular weight is 621 g/mol. The molecule has 0 aliphatic carbocycles. The number of alkyl halides is 3. The number of carboxylic acids is 1. The molecule has 0 saturated carbocycles. The number of thiocarbonyl (C=S) groups is 1. The maximum atomic E-state index is 15.5. The van der Waals surface area contributed by atoms with Gasteiger partial charge in [0.05, 0.1) is 22.5 Å². The van der Waals surface area contributed by atoms with E-state index in [1.54, 1.807) is 16.7 Å². The number of fused-ring (bicyclic) bond motifs is 1. The molecule has 0 spiro atoms. The van der Waals surface area contributed by atoms with Gasteiger partial charge in [-0.05, 0) is 61.6 Å². The van der Waals surface area contributed by atoms with Crippen LogP contribution in [0.1, 0.15) is 22.8 Å². The first-order chi connectivity index (χ1) is 20.2. The monoisotopic (exact) mass is 620 g/mol. The van der Waals surface area contributed by atoms with E-state index in [0.717, 1.165) is 41.1 Å². The van der Waals surface area contributed by atoms with E-state index in [-0.39, 0.29) is 58.8 Å². The molecule has 1 aromatic heterocycles. The number of carbonyl (C=O) groups is 1. The predicted molar refractivity (Wildman–Crippen MR) is 152 cm³/mol. The van der Waals surface area contributed by atoms with Crippen LogP contribution >= 0.6 is 12.2 Å². The van der Waals surface area contributed by atoms with E-state index >= 15 is 4.39 Å². The van der Waals surface area contributed by atoms with Crippen molar-refractivity contribution in [2.24, 2.45) is 0 Å². The van der Waals surface area contributed by atoms with Crippen LogP contribution in [0.2, 0.25) is 0 Å². The Balaban J connectivity index is 1.46. The van der Waals surface area contributed by atoms with E-state index in [0.29, 0.717) is 6.07 Å². The minimum absolute atomic E-state index is 0.00581. The molecule has 5 rings (SSSR count). The number of carboxylic acid groups (broad SMARTS) is 1. The van der Waals surface area contributed by atoms with E-state index in [1.165, 1.54) is 18.2 Å². The summed E-state index contributed by atoms with van der Waals surface area (Å²) in [6.45, 7) is 2.45. The number of rotatable bonds is 4. The van der Waals surface area contributed by atoms with Gasteiger partial charge >= 0.3 is 12.1 Å². The zero-order valence-corrected chi connectivity index (χ0v) is 23.1. The summed E-state index contributed by atoms with van der Waals surface area (Å²) >= 11 is 5.45. The molecule has 7 nitrogen and oxygen atoms in total. The highest BCUT2D eigenvalue weighted by molar-refractivity contribution is 7.80. The third kappa shape index (κ3) is 5.87. The largest absolute Gasteiger partial charge is 0.477 e. The number of anilines is 2. The summed E-state index contributed by atoms with van der Waals surface area (Å²) in [5.41, 5.74) is -2.61. The Morgan fingerprint density at radius 2 is 1.72 bits per heavy atom. The molecule has 1 aliphatic heterocycles. The fraction of sp³-hybridized carbons (Fsp3) is 0.207. The molecule has 0 amide bonds. The van der Waals surface area contributed by atoms with Gasteiger partial charge in [-0.15, -0.1) is 0 Å². The fourth-order valence-electron chi connectivity index (χ4n) is 5.05. The maximum absolute atomic E-state index is 15.5. The molecule has 1 fully saturated rings. The molecule has 0 bridgehead atoms. The Kier molecular flexibility index (Phi) is 7.82. The summed E-state index contributed by atoms with van der Waals surface area (Å²) in [5.74, 6) is -4.34. The van der Waals surface area contributed by atoms with Crippen LogP contribution in [-0.2, 0) is 6.18 Å². The van der Waals surface area contributed by atoms with Crippen molar-refractivity contribution in [3.05, 3.63) is 99.6 Å². The first kappa shape index (κ1) is 29.9. The number of benzene rings is 3. The van der Waals surface area contributed by atoms with Crippen molar-refractivity contribution < 1.29 is 36.2 Å². The number of nitrogens with one attached hydrogen (secondary N) is 1. The molecule has 14 heteroatoms. The zero-order chi connectivity index (χ0) is 31.2. The van der Waals surface area contributed by atoms with Gasteiger partial charge in [-0.3, -0.25) is 4.79 Å². The Labute approximate surface area is 245 Å². The van der Waals surface area contributed by atoms with E-state index in [9.17, 15) is 36.6 Å². The lowest BCUT2D eigenvalue weighted by Gasteiger charge is -2.42. The minimum Gasteiger partial charge on any atom is -0.477 e. The van der Waals surface area contributed by atoms with Crippen molar-refractivity contribution in [3.8, 4) is 5.69 Å². The Hall–Kier alpha value is -4.59. The summed E-state index contributed by atoms with van der Waals surface area (Å²) < 4.78 is 84.3. The van der Waals surface area contributed by atoms with Crippen molar-refractivity contribution >= 4 is 45.6 Å². The molecule has 224 valence electrons. The van der Waals surface area contributed by atoms with E-state index in [4.69, 9.17) is 12.2 Å². The van der Waals surface area contributed by atoms with Gasteiger partial charge in [0.2, 0.25) is 5.43 Å². The van der Waals surface area contributed by atoms with Crippen LogP contribution in [0.5, 0.6) is 0 Å². The number of halogens is 6. The van der Waals surface area contributed by atoms with Gasteiger partial charge in [0, 0.05) is 49.0 Å². The Morgan fingerprint density at radius 1 is 1.00 bits per heavy atom. The first-order valence-corrected chi connectivity index (χ1v) is 13.2. The lowest BCUT2D eigenvalue weighted by atomic mass is 10.1. The van der Waals surface area contributed by atoms with Crippen molar-refractivity contribution in [2.45, 2.75) is 19.1 Å². The molecule has 2 heterocycles. The number of pyridine rings is 1. The molecule has 2 N–H and O–H groups in total. The Bertz CT molecular complexity index is 1830. The quantitative estimate of drug-likeness (QED) is 0.213. The van der Waals surface area contributed by atoms with Crippen LogP contribution in [0.25, 0.3) is 16.6 Å². The highest BCUT2D eigenvalue weighted by Gasteiger charge is 2.31. The van der Waals surface area contributed by atoms with E-state index in [1.807, 2.05) is 0 Å². The van der Waals surface area contributed by atoms with Crippen LogP contribution in [0.3, 0.4) is 0 Å². The van der Waals surface area contributed by atoms with Crippen LogP contribution < -0.4 is 15.6 Å². The third-order valence-electron chi connectivity index (χ3n) is 7.14. The van der Waals surface area contributed by atoms with Crippen molar-refractivity contribution in [3.63, 3.8) is 0 Å². The van der Waals surface area contributed by atoms with Gasteiger partial charge in [-0.2, -0.15) is 13.2 Å². The van der Waals surface area contributed by atoms with Gasteiger partial charge in [0.15, 0.2) is 5.11 Å². The summed E-state index contributed by atoms with van der Waals surface area (Å²) in [4.78, 5) is 28.1. The topological polar surface area (TPSA) is 77.8 Å². The van der Waals surface area contributed by atoms with E-state index in [2.05, 4.69) is 5.32 Å². The number of hydrogen-bond acceptors (Lipinski definition) is 4. The molecule has 1 unspecified atom stereocenters. The van der Waals surface area contributed by atoms with Crippen molar-refractivity contribution in [1.82, 2.24) is 9.47 Å². The summed E-state index contributed by atoms with van der Waals surface area (Å²) in [5, 5.41) is 12.2. The van der Waals surface area contributed by atoms with Crippen LogP contribution in [0.15, 0.2) is 65.6 Å². The second kappa shape index (κ2) is 11.2. The van der Waals surface area contributed by atoms with Crippen molar-refractivity contribution in [1.29, 1.82) is 0 Å². The summed E-state index contributed by atoms with van der Waals surface area (Å²) in [6.07, 6.45) is -3.62. The predicted octanol–water partition coefficient (Wildman–Crippen LogP) is 6.03. The van der Waals surface area contributed by atoms with Gasteiger partial charge in [-0.25, -0.2) is 18.0 Å². The van der Waals surface area contributed by atoms with Crippen LogP contribution in [-0.4, -0.2) is 51.3 Å². The Morgan fingerprint density at radius 3 is 2.37 bits per heavy atom. The summed E-state index contributed by atoms with van der Waals surface area (Å²) in [7, 11) is 0. The molecular formula is C29H22F6N4O3S. The minimum atomic E-state index is -4.52. The lowest BCUT2D eigenvalue weighted by molar-refractivity contribution is -0.137. The van der Waals surface area contributed by atoms with Crippen molar-refractivity contribution in [2.75, 3.05) is 29.9 Å². The second-order valence-electron chi connectivity index (χ2n) is 9.96. The van der Waals surface area contributed by atoms with Crippen LogP contribution in [0, 0.1) is 17.5 Å². The number of aromatic carboxylic acids is 1. The first-order valence-electron chi connectivity index (χ1n) is 12.8. The van der Waals surface area contributed by atoms with Gasteiger partial charge in [-0.1, -0.05) is 6.07 Å². The summed E-state index contributed by atoms with van der Waals surface area (Å²) in [6, 6.07) is 9.06. The molecule has 3 aromatic carbocycles. The molecule has 43 heavy (non-hydrogen) atoms. The molecule has 1 aliphatic rings. The fourth-order valence-corrected chi connectivity index (χ4v) is 5.44. The zero-order valence-electron chi connectivity index (χ0n) is 22.3. The number of piperazine rings is 1. The highest BCUT2D eigenvalue weighted by Crippen LogP contribution is 2.32. The second-order valence-corrected chi connectivity index (χ2v) is 10.3. The van der Waals surface area contributed by atoms with E-state index < -0.39 is 46.2 Å². The van der Waals surface area contributed by atoms with Gasteiger partial charge < -0.3 is 24.8 Å². The lowest BCUT2D eigenvalue weighted by Crippen LogP contribution is -2.55. The standard InChI is InChI=1S/C29H22F6N4O3S/c1-15-13-37(7-8-38(15)28(43)36-18-4-2-3-16(9-18)29(33,34)35)25-12-24-19(11-22(25)32)26(40)20(27(41)42)14-39(24)23-6-5-17(30)10-21(23)31/h2-6,9-12,14-15H,7-8,13H2,1H3,(H,36,43)(H,41,42). The molecule has 1 saturated heterocycles. The number of aromatic nitrogens is 1. The molecule has 0 radical (unpaired) electrons. The molecular weight excluding hydrogens is 598 g/mol. The SMILES string of the molecule is CC1CN(c2cc3c(cc2F)c(=O)c(C(=O)O)cn3-c2ccc(F)cc2F)CCN1C(=S)Nc1cccc(C(F)(F)F)c1. The third-order valence-corrected chi connectivity index (χ3v) is 7.48. The number of nitrogens with zero attached hydrogens (tertiary/aromatic N) is 3. The average Bonchev–Trinajstić information content (AvgIpc) is 2.93. The molecule has 1 atom stereocenters. The normalized spacial score (nSPS) is 15.6. The molecule has 4 aromatic rings.